The summed E-state index contributed by atoms with van der Waals surface area (Å²) in [5, 5.41) is 2.34. The van der Waals surface area contributed by atoms with Gasteiger partial charge in [-0.05, 0) is 40.5 Å². The second kappa shape index (κ2) is 14.1. The summed E-state index contributed by atoms with van der Waals surface area (Å²) in [6, 6.07) is 70.1. The van der Waals surface area contributed by atoms with E-state index in [1.54, 1.807) is 0 Å². The van der Waals surface area contributed by atoms with Crippen molar-refractivity contribution in [1.82, 2.24) is 15.0 Å². The van der Waals surface area contributed by atoms with Crippen LogP contribution in [0, 0.1) is 0 Å². The van der Waals surface area contributed by atoms with Crippen LogP contribution in [0.25, 0.3) is 98.8 Å². The van der Waals surface area contributed by atoms with Crippen LogP contribution >= 0.6 is 11.3 Å². The Bertz CT molecular complexity index is 2940. The fraction of sp³-hybridized carbons (Fsp3) is 0. The fourth-order valence-electron chi connectivity index (χ4n) is 7.42. The molecule has 0 saturated heterocycles. The minimum absolute atomic E-state index is 0.697. The molecule has 0 aliphatic rings. The van der Waals surface area contributed by atoms with E-state index >= 15 is 0 Å². The highest BCUT2D eigenvalue weighted by atomic mass is 32.1. The second-order valence-electron chi connectivity index (χ2n) is 13.6. The van der Waals surface area contributed by atoms with Gasteiger partial charge in [-0.1, -0.05) is 182 Å². The molecular formula is C51H33N3S. The minimum atomic E-state index is 0.697. The Balaban J connectivity index is 1.17. The minimum Gasteiger partial charge on any atom is -0.247 e. The summed E-state index contributed by atoms with van der Waals surface area (Å²) < 4.78 is 1.23. The van der Waals surface area contributed by atoms with Crippen molar-refractivity contribution in [3.8, 4) is 77.9 Å². The van der Waals surface area contributed by atoms with Crippen molar-refractivity contribution in [2.24, 2.45) is 0 Å². The van der Waals surface area contributed by atoms with Crippen molar-refractivity contribution in [2.45, 2.75) is 0 Å². The molecule has 3 aromatic heterocycles. The number of pyridine rings is 1. The molecule has 0 N–H and O–H groups in total. The van der Waals surface area contributed by atoms with Crippen molar-refractivity contribution in [1.29, 1.82) is 0 Å². The molecule has 0 bridgehead atoms. The summed E-state index contributed by atoms with van der Waals surface area (Å²) in [5.74, 6) is 0.697. The van der Waals surface area contributed by atoms with Gasteiger partial charge in [0.15, 0.2) is 5.82 Å². The summed E-state index contributed by atoms with van der Waals surface area (Å²) in [6.45, 7) is 0. The summed E-state index contributed by atoms with van der Waals surface area (Å²) >= 11 is 1.84. The Morgan fingerprint density at radius 2 is 0.855 bits per heavy atom. The smallest absolute Gasteiger partial charge is 0.160 e. The lowest BCUT2D eigenvalue weighted by Crippen LogP contribution is -1.96. The van der Waals surface area contributed by atoms with Crippen molar-refractivity contribution >= 4 is 32.3 Å². The third-order valence-corrected chi connectivity index (χ3v) is 11.4. The monoisotopic (exact) mass is 719 g/mol. The molecular weight excluding hydrogens is 687 g/mol. The highest BCUT2D eigenvalue weighted by molar-refractivity contribution is 7.24. The fourth-order valence-corrected chi connectivity index (χ4v) is 8.77. The van der Waals surface area contributed by atoms with Crippen LogP contribution in [0.15, 0.2) is 200 Å². The highest BCUT2D eigenvalue weighted by Crippen LogP contribution is 2.50. The van der Waals surface area contributed by atoms with Crippen LogP contribution in [0.5, 0.6) is 0 Å². The molecule has 3 heterocycles. The zero-order chi connectivity index (χ0) is 36.6. The van der Waals surface area contributed by atoms with Crippen LogP contribution in [0.1, 0.15) is 0 Å². The maximum absolute atomic E-state index is 5.32. The largest absolute Gasteiger partial charge is 0.247 e. The van der Waals surface area contributed by atoms with E-state index in [-0.39, 0.29) is 0 Å². The lowest BCUT2D eigenvalue weighted by atomic mass is 9.94. The number of thiophene rings is 1. The summed E-state index contributed by atoms with van der Waals surface area (Å²) in [6.07, 6.45) is 0. The average molecular weight is 720 g/mol. The van der Waals surface area contributed by atoms with Crippen LogP contribution in [-0.2, 0) is 0 Å². The Hall–Kier alpha value is -7.01. The van der Waals surface area contributed by atoms with E-state index in [1.807, 2.05) is 35.6 Å². The molecule has 0 amide bonds. The van der Waals surface area contributed by atoms with E-state index in [1.165, 1.54) is 31.7 Å². The first-order chi connectivity index (χ1) is 27.3. The van der Waals surface area contributed by atoms with Gasteiger partial charge in [0.05, 0.1) is 22.6 Å². The highest BCUT2D eigenvalue weighted by Gasteiger charge is 2.23. The van der Waals surface area contributed by atoms with Gasteiger partial charge >= 0.3 is 0 Å². The molecule has 0 aliphatic carbocycles. The number of rotatable bonds is 7. The molecule has 258 valence electrons. The van der Waals surface area contributed by atoms with Gasteiger partial charge in [-0.2, -0.15) is 0 Å². The van der Waals surface area contributed by atoms with Crippen molar-refractivity contribution in [2.75, 3.05) is 0 Å². The number of aromatic nitrogens is 3. The van der Waals surface area contributed by atoms with Gasteiger partial charge < -0.3 is 0 Å². The van der Waals surface area contributed by atoms with Gasteiger partial charge in [0.2, 0.25) is 0 Å². The van der Waals surface area contributed by atoms with Crippen molar-refractivity contribution in [3.63, 3.8) is 0 Å². The summed E-state index contributed by atoms with van der Waals surface area (Å²) in [4.78, 5) is 16.8. The molecule has 0 unspecified atom stereocenters. The van der Waals surface area contributed by atoms with Gasteiger partial charge in [-0.3, -0.25) is 0 Å². The molecule has 4 heteroatoms. The number of fused-ring (bicyclic) bond motifs is 3. The SMILES string of the molecule is c1ccc(-c2ccc(-c3cc(-c4cccc(-c5sc6c(c(-c7ccccc7)nc7ccccc76)c5-c5ccccc5)c4)nc(-c4ccccc4)n3)cc2)cc1. The van der Waals surface area contributed by atoms with E-state index in [0.717, 1.165) is 61.4 Å². The lowest BCUT2D eigenvalue weighted by molar-refractivity contribution is 1.18. The van der Waals surface area contributed by atoms with E-state index < -0.39 is 0 Å². The lowest BCUT2D eigenvalue weighted by Gasteiger charge is -2.12. The summed E-state index contributed by atoms with van der Waals surface area (Å²) in [5.41, 5.74) is 13.8. The first-order valence-corrected chi connectivity index (χ1v) is 19.3. The van der Waals surface area contributed by atoms with Crippen LogP contribution in [-0.4, -0.2) is 15.0 Å². The number of hydrogen-bond acceptors (Lipinski definition) is 4. The second-order valence-corrected chi connectivity index (χ2v) is 14.6. The summed E-state index contributed by atoms with van der Waals surface area (Å²) in [7, 11) is 0. The molecule has 0 fully saturated rings. The van der Waals surface area contributed by atoms with Crippen LogP contribution in [0.4, 0.5) is 0 Å². The number of benzene rings is 7. The van der Waals surface area contributed by atoms with Gasteiger partial charge in [0, 0.05) is 48.2 Å². The quantitative estimate of drug-likeness (QED) is 0.165. The topological polar surface area (TPSA) is 38.7 Å². The average Bonchev–Trinajstić information content (AvgIpc) is 3.69. The molecule has 0 aliphatic heterocycles. The zero-order valence-electron chi connectivity index (χ0n) is 29.8. The number of para-hydroxylation sites is 1. The van der Waals surface area contributed by atoms with E-state index in [2.05, 4.69) is 176 Å². The van der Waals surface area contributed by atoms with Gasteiger partial charge in [-0.25, -0.2) is 15.0 Å². The molecule has 10 rings (SSSR count). The normalized spacial score (nSPS) is 11.3. The molecule has 0 spiro atoms. The Labute approximate surface area is 323 Å². The Kier molecular flexibility index (Phi) is 8.36. The number of hydrogen-bond donors (Lipinski definition) is 0. The van der Waals surface area contributed by atoms with E-state index in [4.69, 9.17) is 15.0 Å². The van der Waals surface area contributed by atoms with Gasteiger partial charge in [0.25, 0.3) is 0 Å². The predicted octanol–water partition coefficient (Wildman–Crippen LogP) is 13.9. The third-order valence-electron chi connectivity index (χ3n) is 10.1. The zero-order valence-corrected chi connectivity index (χ0v) is 30.6. The predicted molar refractivity (Wildman–Crippen MR) is 231 cm³/mol. The van der Waals surface area contributed by atoms with Gasteiger partial charge in [-0.15, -0.1) is 11.3 Å². The molecule has 7 aromatic carbocycles. The van der Waals surface area contributed by atoms with Crippen molar-refractivity contribution < 1.29 is 0 Å². The van der Waals surface area contributed by atoms with Crippen LogP contribution in [0.2, 0.25) is 0 Å². The van der Waals surface area contributed by atoms with E-state index in [0.29, 0.717) is 5.82 Å². The molecule has 3 nitrogen and oxygen atoms in total. The van der Waals surface area contributed by atoms with E-state index in [9.17, 15) is 0 Å². The van der Waals surface area contributed by atoms with Crippen LogP contribution < -0.4 is 0 Å². The van der Waals surface area contributed by atoms with Gasteiger partial charge in [0.1, 0.15) is 0 Å². The molecule has 0 radical (unpaired) electrons. The first kappa shape index (κ1) is 32.6. The first-order valence-electron chi connectivity index (χ1n) is 18.4. The molecule has 55 heavy (non-hydrogen) atoms. The third kappa shape index (κ3) is 6.19. The maximum atomic E-state index is 5.32. The van der Waals surface area contributed by atoms with Crippen LogP contribution in [0.3, 0.4) is 0 Å². The Morgan fingerprint density at radius 1 is 0.345 bits per heavy atom. The Morgan fingerprint density at radius 3 is 1.55 bits per heavy atom. The number of nitrogens with zero attached hydrogens (tertiary/aromatic N) is 3. The molecule has 0 saturated carbocycles. The molecule has 0 atom stereocenters. The van der Waals surface area contributed by atoms with Crippen molar-refractivity contribution in [3.05, 3.63) is 200 Å². The maximum Gasteiger partial charge on any atom is 0.160 e. The standard InChI is InChI=1S/C51H33N3S/c1-5-16-34(17-6-1)35-28-30-36(31-29-35)44-33-45(54-51(53-44)39-22-11-4-12-23-39)40-24-15-25-41(32-40)49-46(37-18-7-2-8-19-37)47-48(38-20-9-3-10-21-38)52-43-27-14-13-26-42(43)50(47)55-49/h1-33H. The molecule has 10 aromatic rings.